The Bertz CT molecular complexity index is 474. The third kappa shape index (κ3) is 4.22. The van der Waals surface area contributed by atoms with Gasteiger partial charge in [-0.15, -0.1) is 0 Å². The summed E-state index contributed by atoms with van der Waals surface area (Å²) in [6.07, 6.45) is 5.24. The van der Waals surface area contributed by atoms with Gasteiger partial charge in [0.15, 0.2) is 0 Å². The Hall–Kier alpha value is -2.02. The maximum atomic E-state index is 12.0. The van der Waals surface area contributed by atoms with Crippen LogP contribution in [0.3, 0.4) is 0 Å². The van der Waals surface area contributed by atoms with E-state index < -0.39 is 0 Å². The van der Waals surface area contributed by atoms with Crippen LogP contribution in [0, 0.1) is 5.92 Å². The van der Waals surface area contributed by atoms with Crippen molar-refractivity contribution in [3.63, 3.8) is 0 Å². The van der Waals surface area contributed by atoms with Crippen molar-refractivity contribution in [2.75, 3.05) is 32.8 Å². The lowest BCUT2D eigenvalue weighted by molar-refractivity contribution is -0.129. The maximum Gasteiger partial charge on any atom is 0.274 e. The first-order valence-electron chi connectivity index (χ1n) is 7.13. The molecule has 21 heavy (non-hydrogen) atoms. The van der Waals surface area contributed by atoms with E-state index in [1.165, 1.54) is 18.6 Å². The third-order valence-electron chi connectivity index (χ3n) is 3.29. The molecule has 0 aromatic carbocycles. The van der Waals surface area contributed by atoms with Crippen LogP contribution in [0.2, 0.25) is 0 Å². The molecule has 2 heterocycles. The van der Waals surface area contributed by atoms with E-state index >= 15 is 0 Å². The average molecular weight is 292 g/mol. The molecule has 2 amide bonds. The van der Waals surface area contributed by atoms with Crippen molar-refractivity contribution in [2.45, 2.75) is 13.3 Å². The van der Waals surface area contributed by atoms with Gasteiger partial charge in [0.2, 0.25) is 5.91 Å². The third-order valence-corrected chi connectivity index (χ3v) is 3.29. The molecule has 0 spiro atoms. The predicted octanol–water partition coefficient (Wildman–Crippen LogP) is 0.0914. The molecular formula is C14H20N4O3. The number of likely N-dealkylation sites (tertiary alicyclic amines) is 1. The molecule has 0 aliphatic carbocycles. The van der Waals surface area contributed by atoms with Crippen LogP contribution in [-0.2, 0) is 9.53 Å². The first kappa shape index (κ1) is 15.4. The molecule has 0 bridgehead atoms. The second-order valence-electron chi connectivity index (χ2n) is 4.84. The normalized spacial score (nSPS) is 14.6. The van der Waals surface area contributed by atoms with Gasteiger partial charge in [-0.25, -0.2) is 4.98 Å². The lowest BCUT2D eigenvalue weighted by Crippen LogP contribution is -2.56. The molecule has 1 saturated heterocycles. The van der Waals surface area contributed by atoms with Gasteiger partial charge in [0.1, 0.15) is 5.69 Å². The summed E-state index contributed by atoms with van der Waals surface area (Å²) in [6.45, 7) is 4.76. The van der Waals surface area contributed by atoms with Gasteiger partial charge >= 0.3 is 0 Å². The standard InChI is InChI=1S/C14H20N4O3/c1-2-21-7-3-4-17-13(19)11-9-18(10-11)14(20)12-8-15-5-6-16-12/h5-6,8,11H,2-4,7,9-10H2,1H3,(H,17,19). The van der Waals surface area contributed by atoms with Crippen molar-refractivity contribution < 1.29 is 14.3 Å². The van der Waals surface area contributed by atoms with Crippen molar-refractivity contribution in [3.8, 4) is 0 Å². The zero-order valence-electron chi connectivity index (χ0n) is 12.1. The summed E-state index contributed by atoms with van der Waals surface area (Å²) >= 11 is 0. The summed E-state index contributed by atoms with van der Waals surface area (Å²) in [5, 5.41) is 2.86. The highest BCUT2D eigenvalue weighted by Gasteiger charge is 2.36. The van der Waals surface area contributed by atoms with Gasteiger partial charge in [-0.3, -0.25) is 14.6 Å². The number of hydrogen-bond acceptors (Lipinski definition) is 5. The van der Waals surface area contributed by atoms with E-state index in [-0.39, 0.29) is 17.7 Å². The number of nitrogens with one attached hydrogen (secondary N) is 1. The lowest BCUT2D eigenvalue weighted by Gasteiger charge is -2.37. The van der Waals surface area contributed by atoms with Gasteiger partial charge in [0.25, 0.3) is 5.91 Å². The molecule has 1 aliphatic rings. The van der Waals surface area contributed by atoms with E-state index in [1.54, 1.807) is 4.90 Å². The van der Waals surface area contributed by atoms with Gasteiger partial charge in [0.05, 0.1) is 12.1 Å². The number of ether oxygens (including phenoxy) is 1. The Morgan fingerprint density at radius 2 is 2.24 bits per heavy atom. The molecule has 1 aromatic heterocycles. The summed E-state index contributed by atoms with van der Waals surface area (Å²) in [4.78, 5) is 33.3. The van der Waals surface area contributed by atoms with Crippen LogP contribution in [0.15, 0.2) is 18.6 Å². The molecule has 114 valence electrons. The number of amides is 2. The fourth-order valence-corrected chi connectivity index (χ4v) is 2.06. The number of carbonyl (C=O) groups is 2. The zero-order chi connectivity index (χ0) is 15.1. The molecule has 1 aliphatic heterocycles. The minimum Gasteiger partial charge on any atom is -0.382 e. The van der Waals surface area contributed by atoms with E-state index in [0.29, 0.717) is 38.5 Å². The molecule has 1 aromatic rings. The molecule has 1 fully saturated rings. The molecule has 7 heteroatoms. The van der Waals surface area contributed by atoms with Crippen molar-refractivity contribution in [1.29, 1.82) is 0 Å². The Labute approximate surface area is 123 Å². The minimum atomic E-state index is -0.177. The zero-order valence-corrected chi connectivity index (χ0v) is 12.1. The van der Waals surface area contributed by atoms with Crippen molar-refractivity contribution in [3.05, 3.63) is 24.3 Å². The number of nitrogens with zero attached hydrogens (tertiary/aromatic N) is 3. The maximum absolute atomic E-state index is 12.0. The average Bonchev–Trinajstić information content (AvgIpc) is 2.46. The molecule has 2 rings (SSSR count). The summed E-state index contributed by atoms with van der Waals surface area (Å²) in [5.41, 5.74) is 0.313. The Morgan fingerprint density at radius 1 is 1.43 bits per heavy atom. The summed E-state index contributed by atoms with van der Waals surface area (Å²) < 4.78 is 5.20. The van der Waals surface area contributed by atoms with E-state index in [0.717, 1.165) is 6.42 Å². The highest BCUT2D eigenvalue weighted by molar-refractivity contribution is 5.94. The molecule has 0 saturated carbocycles. The van der Waals surface area contributed by atoms with Crippen LogP contribution in [0.4, 0.5) is 0 Å². The van der Waals surface area contributed by atoms with E-state index in [2.05, 4.69) is 15.3 Å². The Balaban J connectivity index is 1.66. The largest absolute Gasteiger partial charge is 0.382 e. The summed E-state index contributed by atoms with van der Waals surface area (Å²) in [7, 11) is 0. The lowest BCUT2D eigenvalue weighted by atomic mass is 9.98. The highest BCUT2D eigenvalue weighted by Crippen LogP contribution is 2.17. The topological polar surface area (TPSA) is 84.4 Å². The quantitative estimate of drug-likeness (QED) is 0.720. The van der Waals surface area contributed by atoms with Crippen LogP contribution in [-0.4, -0.2) is 59.5 Å². The van der Waals surface area contributed by atoms with E-state index in [9.17, 15) is 9.59 Å². The van der Waals surface area contributed by atoms with Crippen molar-refractivity contribution in [1.82, 2.24) is 20.2 Å². The van der Waals surface area contributed by atoms with E-state index in [4.69, 9.17) is 4.74 Å². The van der Waals surface area contributed by atoms with Crippen LogP contribution in [0.1, 0.15) is 23.8 Å². The van der Waals surface area contributed by atoms with Crippen LogP contribution in [0.5, 0.6) is 0 Å². The van der Waals surface area contributed by atoms with Gasteiger partial charge in [0, 0.05) is 45.2 Å². The molecule has 0 unspecified atom stereocenters. The van der Waals surface area contributed by atoms with Gasteiger partial charge in [-0.05, 0) is 13.3 Å². The number of aromatic nitrogens is 2. The van der Waals surface area contributed by atoms with Gasteiger partial charge in [-0.2, -0.15) is 0 Å². The van der Waals surface area contributed by atoms with Crippen LogP contribution in [0.25, 0.3) is 0 Å². The van der Waals surface area contributed by atoms with Crippen LogP contribution >= 0.6 is 0 Å². The smallest absolute Gasteiger partial charge is 0.274 e. The van der Waals surface area contributed by atoms with Crippen molar-refractivity contribution >= 4 is 11.8 Å². The molecule has 0 radical (unpaired) electrons. The Kier molecular flexibility index (Phi) is 5.62. The summed E-state index contributed by atoms with van der Waals surface area (Å²) in [6, 6.07) is 0. The Morgan fingerprint density at radius 3 is 2.90 bits per heavy atom. The second kappa shape index (κ2) is 7.68. The molecule has 7 nitrogen and oxygen atoms in total. The number of rotatable bonds is 7. The highest BCUT2D eigenvalue weighted by atomic mass is 16.5. The minimum absolute atomic E-state index is 0.00491. The predicted molar refractivity (Wildman–Crippen MR) is 75.5 cm³/mol. The van der Waals surface area contributed by atoms with Crippen LogP contribution < -0.4 is 5.32 Å². The van der Waals surface area contributed by atoms with Crippen molar-refractivity contribution in [2.24, 2.45) is 5.92 Å². The first-order chi connectivity index (χ1) is 10.2. The SMILES string of the molecule is CCOCCCNC(=O)C1CN(C(=O)c2cnccn2)C1. The van der Waals surface area contributed by atoms with Gasteiger partial charge < -0.3 is 15.0 Å². The number of hydrogen-bond donors (Lipinski definition) is 1. The number of carbonyl (C=O) groups excluding carboxylic acids is 2. The molecular weight excluding hydrogens is 272 g/mol. The second-order valence-corrected chi connectivity index (χ2v) is 4.84. The first-order valence-corrected chi connectivity index (χ1v) is 7.13. The van der Waals surface area contributed by atoms with E-state index in [1.807, 2.05) is 6.92 Å². The fourth-order valence-electron chi connectivity index (χ4n) is 2.06. The fraction of sp³-hybridized carbons (Fsp3) is 0.571. The van der Waals surface area contributed by atoms with Gasteiger partial charge in [-0.1, -0.05) is 0 Å². The molecule has 1 N–H and O–H groups in total. The summed E-state index contributed by atoms with van der Waals surface area (Å²) in [5.74, 6) is -0.309. The monoisotopic (exact) mass is 292 g/mol. The molecule has 0 atom stereocenters.